The molecule has 2 aliphatic carbocycles. The fourth-order valence-corrected chi connectivity index (χ4v) is 7.13. The van der Waals surface area contributed by atoms with Crippen molar-refractivity contribution in [1.82, 2.24) is 9.47 Å². The van der Waals surface area contributed by atoms with E-state index in [9.17, 15) is 4.79 Å². The minimum atomic E-state index is 0.160. The molecule has 1 amide bonds. The highest BCUT2D eigenvalue weighted by molar-refractivity contribution is 8.18. The number of carbonyl (C=O) groups is 1. The molecule has 5 heteroatoms. The van der Waals surface area contributed by atoms with Crippen molar-refractivity contribution in [3.8, 4) is 5.69 Å². The van der Waals surface area contributed by atoms with E-state index in [-0.39, 0.29) is 5.91 Å². The zero-order valence-electron chi connectivity index (χ0n) is 21.8. The van der Waals surface area contributed by atoms with Crippen LogP contribution in [0, 0.1) is 27.7 Å². The molecular weight excluding hydrogens is 450 g/mol. The fraction of sp³-hybridized carbons (Fsp3) is 0.533. The number of aliphatic imine (C=N–C) groups is 1. The van der Waals surface area contributed by atoms with Gasteiger partial charge in [0.1, 0.15) is 0 Å². The summed E-state index contributed by atoms with van der Waals surface area (Å²) >= 11 is 1.61. The number of rotatable bonds is 4. The van der Waals surface area contributed by atoms with Crippen molar-refractivity contribution in [2.75, 3.05) is 0 Å². The van der Waals surface area contributed by atoms with Gasteiger partial charge in [0, 0.05) is 23.1 Å². The summed E-state index contributed by atoms with van der Waals surface area (Å²) in [4.78, 5) is 21.9. The Kier molecular flexibility index (Phi) is 7.24. The van der Waals surface area contributed by atoms with Crippen molar-refractivity contribution >= 4 is 28.9 Å². The van der Waals surface area contributed by atoms with E-state index in [2.05, 4.69) is 67.5 Å². The summed E-state index contributed by atoms with van der Waals surface area (Å²) < 4.78 is 2.33. The van der Waals surface area contributed by atoms with Gasteiger partial charge in [0.2, 0.25) is 0 Å². The van der Waals surface area contributed by atoms with E-state index in [0.717, 1.165) is 41.3 Å². The van der Waals surface area contributed by atoms with Crippen LogP contribution in [-0.2, 0) is 4.79 Å². The Morgan fingerprint density at radius 2 is 1.63 bits per heavy atom. The topological polar surface area (TPSA) is 37.6 Å². The summed E-state index contributed by atoms with van der Waals surface area (Å²) in [7, 11) is 0. The smallest absolute Gasteiger partial charge is 0.267 e. The molecular formula is C30H39N3OS. The Balaban J connectivity index is 1.50. The van der Waals surface area contributed by atoms with Gasteiger partial charge in [-0.1, -0.05) is 50.7 Å². The van der Waals surface area contributed by atoms with Crippen LogP contribution in [0.3, 0.4) is 0 Å². The van der Waals surface area contributed by atoms with Gasteiger partial charge in [-0.3, -0.25) is 14.7 Å². The molecule has 0 radical (unpaired) electrons. The third kappa shape index (κ3) is 4.89. The summed E-state index contributed by atoms with van der Waals surface area (Å²) in [6.45, 7) is 8.68. The third-order valence-electron chi connectivity index (χ3n) is 8.22. The second-order valence-corrected chi connectivity index (χ2v) is 11.7. The lowest BCUT2D eigenvalue weighted by atomic mass is 9.94. The number of carbonyl (C=O) groups excluding carboxylic acids is 1. The summed E-state index contributed by atoms with van der Waals surface area (Å²) in [6, 6.07) is 9.38. The highest BCUT2D eigenvalue weighted by Gasteiger charge is 2.39. The van der Waals surface area contributed by atoms with Gasteiger partial charge in [-0.25, -0.2) is 0 Å². The Morgan fingerprint density at radius 1 is 0.943 bits per heavy atom. The number of amides is 1. The summed E-state index contributed by atoms with van der Waals surface area (Å²) in [5.74, 6) is 0.160. The second kappa shape index (κ2) is 10.4. The zero-order chi connectivity index (χ0) is 24.5. The van der Waals surface area contributed by atoms with E-state index in [1.165, 1.54) is 66.7 Å². The molecule has 0 N–H and O–H groups in total. The van der Waals surface area contributed by atoms with Crippen LogP contribution in [0.25, 0.3) is 11.8 Å². The highest BCUT2D eigenvalue weighted by atomic mass is 32.2. The Labute approximate surface area is 214 Å². The largest absolute Gasteiger partial charge is 0.318 e. The van der Waals surface area contributed by atoms with E-state index in [1.807, 2.05) is 0 Å². The van der Waals surface area contributed by atoms with Gasteiger partial charge in [0.25, 0.3) is 5.91 Å². The number of benzene rings is 1. The maximum Gasteiger partial charge on any atom is 0.267 e. The first-order valence-electron chi connectivity index (χ1n) is 13.5. The maximum atomic E-state index is 13.8. The molecule has 5 rings (SSSR count). The number of aryl methyl sites for hydroxylation is 2. The van der Waals surface area contributed by atoms with Gasteiger partial charge in [-0.05, 0) is 100 Å². The molecule has 3 fully saturated rings. The number of amidine groups is 1. The number of hydrogen-bond acceptors (Lipinski definition) is 3. The highest BCUT2D eigenvalue weighted by Crippen LogP contribution is 2.39. The summed E-state index contributed by atoms with van der Waals surface area (Å²) in [5, 5.41) is 0.961. The molecule has 1 saturated heterocycles. The molecule has 2 heterocycles. The molecule has 3 aliphatic rings. The minimum absolute atomic E-state index is 0.160. The first-order chi connectivity index (χ1) is 16.9. The minimum Gasteiger partial charge on any atom is -0.318 e. The quantitative estimate of drug-likeness (QED) is 0.414. The molecule has 2 aromatic rings. The zero-order valence-corrected chi connectivity index (χ0v) is 22.6. The maximum absolute atomic E-state index is 13.8. The Bertz CT molecular complexity index is 1160. The van der Waals surface area contributed by atoms with Gasteiger partial charge >= 0.3 is 0 Å². The number of aromatic nitrogens is 1. The number of thioether (sulfide) groups is 1. The molecule has 4 nitrogen and oxygen atoms in total. The van der Waals surface area contributed by atoms with E-state index < -0.39 is 0 Å². The van der Waals surface area contributed by atoms with E-state index in [1.54, 1.807) is 11.8 Å². The summed E-state index contributed by atoms with van der Waals surface area (Å²) in [6.07, 6.45) is 14.2. The second-order valence-electron chi connectivity index (χ2n) is 10.7. The van der Waals surface area contributed by atoms with Gasteiger partial charge in [-0.15, -0.1) is 0 Å². The van der Waals surface area contributed by atoms with Crippen molar-refractivity contribution in [3.63, 3.8) is 0 Å². The lowest BCUT2D eigenvalue weighted by Crippen LogP contribution is -2.41. The normalized spacial score (nSPS) is 22.6. The standard InChI is InChI=1S/C30H39N3OS/c1-20-12-11-17-27(22(20)3)32-21(2)18-24(23(32)4)19-28-29(34)33(26-15-9-6-10-16-26)30(35-28)31-25-13-7-5-8-14-25/h11-12,17-19,25-26H,5-10,13-16H2,1-4H3. The van der Waals surface area contributed by atoms with E-state index in [0.29, 0.717) is 12.1 Å². The predicted octanol–water partition coefficient (Wildman–Crippen LogP) is 7.65. The molecule has 0 unspecified atom stereocenters. The van der Waals surface area contributed by atoms with Crippen molar-refractivity contribution in [1.29, 1.82) is 0 Å². The van der Waals surface area contributed by atoms with Crippen LogP contribution >= 0.6 is 11.8 Å². The lowest BCUT2D eigenvalue weighted by Gasteiger charge is -2.31. The lowest BCUT2D eigenvalue weighted by molar-refractivity contribution is -0.124. The Morgan fingerprint density at radius 3 is 2.34 bits per heavy atom. The van der Waals surface area contributed by atoms with Crippen LogP contribution in [0.2, 0.25) is 0 Å². The van der Waals surface area contributed by atoms with Crippen LogP contribution in [0.4, 0.5) is 0 Å². The molecule has 0 atom stereocenters. The molecule has 35 heavy (non-hydrogen) atoms. The third-order valence-corrected chi connectivity index (χ3v) is 9.22. The van der Waals surface area contributed by atoms with Crippen molar-refractivity contribution < 1.29 is 4.79 Å². The van der Waals surface area contributed by atoms with Gasteiger partial charge in [0.05, 0.1) is 10.9 Å². The number of hydrogen-bond donors (Lipinski definition) is 0. The van der Waals surface area contributed by atoms with Gasteiger partial charge < -0.3 is 4.57 Å². The van der Waals surface area contributed by atoms with Crippen LogP contribution in [0.15, 0.2) is 34.2 Å². The van der Waals surface area contributed by atoms with Crippen molar-refractivity contribution in [2.24, 2.45) is 4.99 Å². The average Bonchev–Trinajstić information content (AvgIpc) is 3.31. The summed E-state index contributed by atoms with van der Waals surface area (Å²) in [5.41, 5.74) is 7.31. The Hall–Kier alpha value is -2.27. The molecule has 1 aromatic heterocycles. The fourth-order valence-electron chi connectivity index (χ4n) is 6.03. The van der Waals surface area contributed by atoms with Crippen LogP contribution in [-0.4, -0.2) is 32.6 Å². The average molecular weight is 490 g/mol. The first kappa shape index (κ1) is 24.4. The van der Waals surface area contributed by atoms with Gasteiger partial charge in [0.15, 0.2) is 5.17 Å². The number of nitrogens with zero attached hydrogens (tertiary/aromatic N) is 3. The van der Waals surface area contributed by atoms with Crippen LogP contribution in [0.5, 0.6) is 0 Å². The van der Waals surface area contributed by atoms with E-state index in [4.69, 9.17) is 4.99 Å². The molecule has 186 valence electrons. The molecule has 1 aliphatic heterocycles. The first-order valence-corrected chi connectivity index (χ1v) is 14.3. The van der Waals surface area contributed by atoms with Gasteiger partial charge in [-0.2, -0.15) is 0 Å². The molecule has 0 spiro atoms. The molecule has 2 saturated carbocycles. The van der Waals surface area contributed by atoms with E-state index >= 15 is 0 Å². The van der Waals surface area contributed by atoms with Crippen molar-refractivity contribution in [3.05, 3.63) is 57.2 Å². The van der Waals surface area contributed by atoms with Crippen molar-refractivity contribution in [2.45, 2.75) is 104 Å². The predicted molar refractivity (Wildman–Crippen MR) is 148 cm³/mol. The van der Waals surface area contributed by atoms with Crippen LogP contribution < -0.4 is 0 Å². The van der Waals surface area contributed by atoms with Crippen LogP contribution in [0.1, 0.15) is 92.3 Å². The molecule has 0 bridgehead atoms. The monoisotopic (exact) mass is 489 g/mol. The molecule has 1 aromatic carbocycles. The SMILES string of the molecule is Cc1cccc(-n2c(C)cc(C=C3SC(=NC4CCCCC4)N(C4CCCCC4)C3=O)c2C)c1C.